The fourth-order valence-corrected chi connectivity index (χ4v) is 1.46. The maximum Gasteiger partial charge on any atom is 0.169 e. The molecule has 0 aromatic heterocycles. The Morgan fingerprint density at radius 1 is 1.55 bits per heavy atom. The zero-order chi connectivity index (χ0) is 8.53. The first-order valence-corrected chi connectivity index (χ1v) is 6.39. The maximum absolute atomic E-state index is 8.99. The smallest absolute Gasteiger partial charge is 0.169 e. The summed E-state index contributed by atoms with van der Waals surface area (Å²) in [4.78, 5) is 8.99. The zero-order valence-corrected chi connectivity index (χ0v) is 8.07. The normalized spacial score (nSPS) is 12.5. The van der Waals surface area contributed by atoms with Crippen molar-refractivity contribution in [3.8, 4) is 6.07 Å². The van der Waals surface area contributed by atoms with E-state index in [0.29, 0.717) is 19.6 Å². The summed E-state index contributed by atoms with van der Waals surface area (Å²) in [6.45, 7) is 3.10. The van der Waals surface area contributed by atoms with E-state index in [-0.39, 0.29) is 0 Å². The Hall–Kier alpha value is -0.373. The second kappa shape index (κ2) is 7.73. The summed E-state index contributed by atoms with van der Waals surface area (Å²) in [7, 11) is -1.37. The Balaban J connectivity index is 2.86. The molecule has 1 unspecified atom stereocenters. The molecule has 0 aliphatic rings. The summed E-state index contributed by atoms with van der Waals surface area (Å²) in [5.74, 6) is 0. The predicted molar refractivity (Wildman–Crippen MR) is 45.7 cm³/mol. The fourth-order valence-electron chi connectivity index (χ4n) is 0.701. The van der Waals surface area contributed by atoms with E-state index in [2.05, 4.69) is 0 Å². The molecule has 11 heavy (non-hydrogen) atoms. The average molecular weight is 173 g/mol. The molecule has 0 fully saturated rings. The molecule has 3 nitrogen and oxygen atoms in total. The first-order chi connectivity index (χ1) is 5.27. The Kier molecular flexibility index (Phi) is 7.47. The van der Waals surface area contributed by atoms with Crippen LogP contribution in [0.5, 0.6) is 0 Å². The fraction of sp³-hybridized carbons (Fsp3) is 0.857. The van der Waals surface area contributed by atoms with Gasteiger partial charge < -0.3 is 9.53 Å². The van der Waals surface area contributed by atoms with Crippen LogP contribution in [0.1, 0.15) is 12.8 Å². The van der Waals surface area contributed by atoms with Gasteiger partial charge in [-0.05, 0) is 19.0 Å². The number of nitriles is 1. The Morgan fingerprint density at radius 3 is 2.82 bits per heavy atom. The zero-order valence-electron chi connectivity index (χ0n) is 6.92. The number of ether oxygens (including phenoxy) is 1. The van der Waals surface area contributed by atoms with Crippen molar-refractivity contribution >= 4 is 9.04 Å². The quantitative estimate of drug-likeness (QED) is 0.474. The van der Waals surface area contributed by atoms with E-state index >= 15 is 0 Å². The number of hydrogen-bond acceptors (Lipinski definition) is 3. The van der Waals surface area contributed by atoms with Gasteiger partial charge in [-0.15, -0.1) is 0 Å². The molecular weight excluding hydrogens is 158 g/mol. The van der Waals surface area contributed by atoms with E-state index < -0.39 is 9.04 Å². The topological polar surface area (TPSA) is 53.2 Å². The van der Waals surface area contributed by atoms with Crippen molar-refractivity contribution in [2.24, 2.45) is 0 Å². The molecule has 1 N–H and O–H groups in total. The van der Waals surface area contributed by atoms with Crippen LogP contribution < -0.4 is 0 Å². The van der Waals surface area contributed by atoms with Crippen LogP contribution in [0.4, 0.5) is 0 Å². The molecule has 1 atom stereocenters. The van der Waals surface area contributed by atoms with Crippen LogP contribution in [0.3, 0.4) is 0 Å². The van der Waals surface area contributed by atoms with Crippen LogP contribution >= 0.6 is 0 Å². The first-order valence-electron chi connectivity index (χ1n) is 3.90. The van der Waals surface area contributed by atoms with Gasteiger partial charge in [0.05, 0.1) is 19.1 Å². The van der Waals surface area contributed by atoms with Crippen LogP contribution in [0.2, 0.25) is 12.6 Å². The van der Waals surface area contributed by atoms with Gasteiger partial charge >= 0.3 is 0 Å². The van der Waals surface area contributed by atoms with Crippen LogP contribution in [0.15, 0.2) is 0 Å². The van der Waals surface area contributed by atoms with Crippen molar-refractivity contribution in [3.05, 3.63) is 0 Å². The molecule has 0 aromatic rings. The summed E-state index contributed by atoms with van der Waals surface area (Å²) in [6.07, 6.45) is 1.39. The highest BCUT2D eigenvalue weighted by molar-refractivity contribution is 6.48. The molecule has 0 radical (unpaired) electrons. The minimum absolute atomic E-state index is 0.464. The summed E-state index contributed by atoms with van der Waals surface area (Å²) >= 11 is 0. The van der Waals surface area contributed by atoms with Gasteiger partial charge in [0, 0.05) is 6.61 Å². The molecule has 0 bridgehead atoms. The maximum atomic E-state index is 8.99. The van der Waals surface area contributed by atoms with E-state index in [1.165, 1.54) is 0 Å². The molecule has 0 spiro atoms. The van der Waals surface area contributed by atoms with Crippen molar-refractivity contribution in [1.29, 1.82) is 5.26 Å². The highest BCUT2D eigenvalue weighted by atomic mass is 28.3. The average Bonchev–Trinajstić information content (AvgIpc) is 1.96. The Bertz CT molecular complexity index is 122. The molecule has 0 aromatic carbocycles. The van der Waals surface area contributed by atoms with Crippen LogP contribution in [-0.2, 0) is 4.74 Å². The van der Waals surface area contributed by atoms with Crippen LogP contribution in [0, 0.1) is 11.3 Å². The monoisotopic (exact) mass is 173 g/mol. The summed E-state index contributed by atoms with van der Waals surface area (Å²) in [5.41, 5.74) is 0. The third kappa shape index (κ3) is 9.63. The SMILES string of the molecule is C[SiH](O)CCCOCCC#N. The van der Waals surface area contributed by atoms with Gasteiger partial charge in [-0.2, -0.15) is 5.26 Å². The molecule has 0 amide bonds. The highest BCUT2D eigenvalue weighted by Crippen LogP contribution is 1.94. The van der Waals surface area contributed by atoms with Gasteiger partial charge in [0.2, 0.25) is 0 Å². The lowest BCUT2D eigenvalue weighted by atomic mass is 10.5. The molecule has 0 rings (SSSR count). The van der Waals surface area contributed by atoms with Crippen molar-refractivity contribution in [2.45, 2.75) is 25.4 Å². The molecule has 64 valence electrons. The summed E-state index contributed by atoms with van der Waals surface area (Å²) in [5, 5.41) is 8.15. The Labute approximate surface area is 69.3 Å². The molecule has 0 saturated carbocycles. The largest absolute Gasteiger partial charge is 0.435 e. The number of nitrogens with zero attached hydrogens (tertiary/aromatic N) is 1. The van der Waals surface area contributed by atoms with Gasteiger partial charge in [-0.25, -0.2) is 0 Å². The highest BCUT2D eigenvalue weighted by Gasteiger charge is 1.96. The Morgan fingerprint density at radius 2 is 2.27 bits per heavy atom. The van der Waals surface area contributed by atoms with Crippen LogP contribution in [0.25, 0.3) is 0 Å². The third-order valence-electron chi connectivity index (χ3n) is 1.27. The van der Waals surface area contributed by atoms with Crippen molar-refractivity contribution < 1.29 is 9.53 Å². The molecule has 0 heterocycles. The van der Waals surface area contributed by atoms with Crippen molar-refractivity contribution in [2.75, 3.05) is 13.2 Å². The van der Waals surface area contributed by atoms with E-state index in [4.69, 9.17) is 14.8 Å². The van der Waals surface area contributed by atoms with Gasteiger partial charge in [0.1, 0.15) is 0 Å². The van der Waals surface area contributed by atoms with E-state index in [1.54, 1.807) is 0 Å². The minimum atomic E-state index is -1.37. The summed E-state index contributed by atoms with van der Waals surface area (Å²) in [6, 6.07) is 2.91. The number of hydrogen-bond donors (Lipinski definition) is 1. The van der Waals surface area contributed by atoms with Gasteiger partial charge in [-0.3, -0.25) is 0 Å². The molecule has 0 saturated heterocycles. The molecular formula is C7H15NO2Si. The molecule has 0 aliphatic heterocycles. The van der Waals surface area contributed by atoms with Crippen LogP contribution in [-0.4, -0.2) is 27.0 Å². The van der Waals surface area contributed by atoms with Gasteiger partial charge in [-0.1, -0.05) is 0 Å². The lowest BCUT2D eigenvalue weighted by molar-refractivity contribution is 0.140. The number of rotatable bonds is 6. The van der Waals surface area contributed by atoms with Gasteiger partial charge in [0.25, 0.3) is 0 Å². The summed E-state index contributed by atoms with van der Waals surface area (Å²) < 4.78 is 5.11. The van der Waals surface area contributed by atoms with E-state index in [9.17, 15) is 0 Å². The second-order valence-corrected chi connectivity index (χ2v) is 4.79. The van der Waals surface area contributed by atoms with E-state index in [0.717, 1.165) is 12.5 Å². The molecule has 0 aliphatic carbocycles. The standard InChI is InChI=1S/C7H15NO2Si/c1-11(9)7-3-6-10-5-2-4-8/h9,11H,2-3,5-7H2,1H3. The van der Waals surface area contributed by atoms with Gasteiger partial charge in [0.15, 0.2) is 9.04 Å². The lowest BCUT2D eigenvalue weighted by Gasteiger charge is -2.01. The van der Waals surface area contributed by atoms with Crippen molar-refractivity contribution in [3.63, 3.8) is 0 Å². The van der Waals surface area contributed by atoms with Crippen molar-refractivity contribution in [1.82, 2.24) is 0 Å². The van der Waals surface area contributed by atoms with E-state index in [1.807, 2.05) is 12.6 Å². The second-order valence-electron chi connectivity index (χ2n) is 2.51. The first kappa shape index (κ1) is 10.6. The molecule has 4 heteroatoms. The minimum Gasteiger partial charge on any atom is -0.435 e. The predicted octanol–water partition coefficient (Wildman–Crippen LogP) is 0.653. The third-order valence-corrected chi connectivity index (χ3v) is 2.51. The lowest BCUT2D eigenvalue weighted by Crippen LogP contribution is -2.06.